The van der Waals surface area contributed by atoms with E-state index in [1.807, 2.05) is 19.1 Å². The molecule has 0 unspecified atom stereocenters. The summed E-state index contributed by atoms with van der Waals surface area (Å²) in [5.41, 5.74) is 5.86. The monoisotopic (exact) mass is 285 g/mol. The molecule has 0 amide bonds. The highest BCUT2D eigenvalue weighted by Crippen LogP contribution is 2.25. The van der Waals surface area contributed by atoms with Gasteiger partial charge in [0.2, 0.25) is 0 Å². The number of hydrazine groups is 1. The van der Waals surface area contributed by atoms with Gasteiger partial charge < -0.3 is 10.7 Å². The smallest absolute Gasteiger partial charge is 0.148 e. The Morgan fingerprint density at radius 3 is 2.52 bits per heavy atom. The number of anilines is 3. The standard InChI is InChI=1S/C16H23N5/c1-5-12-7-6-8-13(9-12)18-15-11(4)16(21-17)20-14(19-15)10(2)3/h6-10H,5,17H2,1-4H3,(H2,18,19,20,21). The lowest BCUT2D eigenvalue weighted by Crippen LogP contribution is -2.14. The molecule has 2 aromatic rings. The van der Waals surface area contributed by atoms with Gasteiger partial charge in [0.1, 0.15) is 17.5 Å². The van der Waals surface area contributed by atoms with Gasteiger partial charge in [-0.3, -0.25) is 0 Å². The molecule has 0 aliphatic heterocycles. The molecule has 1 aromatic carbocycles. The molecule has 21 heavy (non-hydrogen) atoms. The van der Waals surface area contributed by atoms with Crippen LogP contribution in [0.3, 0.4) is 0 Å². The molecule has 1 heterocycles. The Bertz CT molecular complexity index is 622. The average molecular weight is 285 g/mol. The number of rotatable bonds is 5. The molecule has 0 radical (unpaired) electrons. The normalized spacial score (nSPS) is 10.8. The number of nitrogens with one attached hydrogen (secondary N) is 2. The topological polar surface area (TPSA) is 75.9 Å². The van der Waals surface area contributed by atoms with Crippen molar-refractivity contribution in [2.75, 3.05) is 10.7 Å². The van der Waals surface area contributed by atoms with Gasteiger partial charge in [-0.1, -0.05) is 32.9 Å². The van der Waals surface area contributed by atoms with Crippen LogP contribution >= 0.6 is 0 Å². The van der Waals surface area contributed by atoms with Crippen LogP contribution in [-0.4, -0.2) is 9.97 Å². The quantitative estimate of drug-likeness (QED) is 0.579. The van der Waals surface area contributed by atoms with Crippen molar-refractivity contribution in [2.45, 2.75) is 40.0 Å². The van der Waals surface area contributed by atoms with Gasteiger partial charge in [-0.25, -0.2) is 15.8 Å². The fourth-order valence-corrected chi connectivity index (χ4v) is 2.06. The molecular formula is C16H23N5. The SMILES string of the molecule is CCc1cccc(Nc2nc(C(C)C)nc(NN)c2C)c1. The van der Waals surface area contributed by atoms with E-state index in [-0.39, 0.29) is 5.92 Å². The first-order chi connectivity index (χ1) is 10.0. The second-order valence-corrected chi connectivity index (χ2v) is 5.38. The van der Waals surface area contributed by atoms with Gasteiger partial charge in [0.05, 0.1) is 0 Å². The first kappa shape index (κ1) is 15.3. The predicted octanol–water partition coefficient (Wildman–Crippen LogP) is 3.50. The van der Waals surface area contributed by atoms with Crippen LogP contribution in [0.2, 0.25) is 0 Å². The Morgan fingerprint density at radius 2 is 1.90 bits per heavy atom. The van der Waals surface area contributed by atoms with E-state index in [1.54, 1.807) is 0 Å². The van der Waals surface area contributed by atoms with Gasteiger partial charge in [-0.05, 0) is 31.0 Å². The summed E-state index contributed by atoms with van der Waals surface area (Å²) in [4.78, 5) is 9.05. The first-order valence-corrected chi connectivity index (χ1v) is 7.26. The molecular weight excluding hydrogens is 262 g/mol. The molecule has 5 heteroatoms. The summed E-state index contributed by atoms with van der Waals surface area (Å²) in [5, 5.41) is 3.37. The Morgan fingerprint density at radius 1 is 1.19 bits per heavy atom. The van der Waals surface area contributed by atoms with Crippen LogP contribution in [-0.2, 0) is 6.42 Å². The number of hydrogen-bond acceptors (Lipinski definition) is 5. The molecule has 0 spiro atoms. The molecule has 0 saturated heterocycles. The molecule has 0 bridgehead atoms. The molecule has 112 valence electrons. The average Bonchev–Trinajstić information content (AvgIpc) is 2.49. The van der Waals surface area contributed by atoms with Crippen molar-refractivity contribution < 1.29 is 0 Å². The van der Waals surface area contributed by atoms with Gasteiger partial charge in [-0.2, -0.15) is 0 Å². The van der Waals surface area contributed by atoms with Crippen LogP contribution in [0.15, 0.2) is 24.3 Å². The van der Waals surface area contributed by atoms with Crippen LogP contribution in [0.1, 0.15) is 43.6 Å². The van der Waals surface area contributed by atoms with E-state index in [2.05, 4.69) is 53.6 Å². The van der Waals surface area contributed by atoms with Gasteiger partial charge >= 0.3 is 0 Å². The number of aryl methyl sites for hydroxylation is 1. The van der Waals surface area contributed by atoms with Crippen molar-refractivity contribution in [2.24, 2.45) is 5.84 Å². The molecule has 2 rings (SSSR count). The summed E-state index contributed by atoms with van der Waals surface area (Å²) in [6.45, 7) is 8.21. The lowest BCUT2D eigenvalue weighted by molar-refractivity contribution is 0.774. The fraction of sp³-hybridized carbons (Fsp3) is 0.375. The van der Waals surface area contributed by atoms with Crippen LogP contribution in [0.5, 0.6) is 0 Å². The van der Waals surface area contributed by atoms with E-state index >= 15 is 0 Å². The third-order valence-corrected chi connectivity index (χ3v) is 3.41. The number of nitrogen functional groups attached to an aromatic ring is 1. The minimum Gasteiger partial charge on any atom is -0.340 e. The highest BCUT2D eigenvalue weighted by Gasteiger charge is 2.12. The van der Waals surface area contributed by atoms with Crippen LogP contribution < -0.4 is 16.6 Å². The Hall–Kier alpha value is -2.14. The number of hydrogen-bond donors (Lipinski definition) is 3. The van der Waals surface area contributed by atoms with E-state index in [4.69, 9.17) is 5.84 Å². The maximum atomic E-state index is 5.56. The molecule has 4 N–H and O–H groups in total. The minimum atomic E-state index is 0.236. The number of nitrogens with zero attached hydrogens (tertiary/aromatic N) is 2. The zero-order valence-electron chi connectivity index (χ0n) is 13.1. The lowest BCUT2D eigenvalue weighted by atomic mass is 10.1. The van der Waals surface area contributed by atoms with Gasteiger partial charge in [0.15, 0.2) is 0 Å². The predicted molar refractivity (Wildman–Crippen MR) is 87.8 cm³/mol. The van der Waals surface area contributed by atoms with Crippen molar-refractivity contribution in [3.8, 4) is 0 Å². The third-order valence-electron chi connectivity index (χ3n) is 3.41. The molecule has 0 aliphatic rings. The highest BCUT2D eigenvalue weighted by atomic mass is 15.3. The number of nitrogens with two attached hydrogens (primary N) is 1. The molecule has 0 saturated carbocycles. The van der Waals surface area contributed by atoms with Gasteiger partial charge in [-0.15, -0.1) is 0 Å². The zero-order valence-corrected chi connectivity index (χ0v) is 13.1. The van der Waals surface area contributed by atoms with Crippen LogP contribution in [0, 0.1) is 6.92 Å². The fourth-order valence-electron chi connectivity index (χ4n) is 2.06. The van der Waals surface area contributed by atoms with Crippen molar-refractivity contribution in [1.82, 2.24) is 9.97 Å². The lowest BCUT2D eigenvalue weighted by Gasteiger charge is -2.15. The second-order valence-electron chi connectivity index (χ2n) is 5.38. The summed E-state index contributed by atoms with van der Waals surface area (Å²) in [6, 6.07) is 8.32. The second kappa shape index (κ2) is 6.54. The van der Waals surface area contributed by atoms with Crippen LogP contribution in [0.25, 0.3) is 0 Å². The van der Waals surface area contributed by atoms with E-state index in [1.165, 1.54) is 5.56 Å². The summed E-state index contributed by atoms with van der Waals surface area (Å²) >= 11 is 0. The third kappa shape index (κ3) is 3.49. The maximum absolute atomic E-state index is 5.56. The highest BCUT2D eigenvalue weighted by molar-refractivity contribution is 5.65. The van der Waals surface area contributed by atoms with Crippen LogP contribution in [0.4, 0.5) is 17.3 Å². The van der Waals surface area contributed by atoms with Crippen molar-refractivity contribution >= 4 is 17.3 Å². The molecule has 0 atom stereocenters. The van der Waals surface area contributed by atoms with E-state index in [0.29, 0.717) is 5.82 Å². The van der Waals surface area contributed by atoms with Crippen molar-refractivity contribution in [3.05, 3.63) is 41.2 Å². The Kier molecular flexibility index (Phi) is 4.75. The molecule has 0 aliphatic carbocycles. The summed E-state index contributed by atoms with van der Waals surface area (Å²) < 4.78 is 0. The summed E-state index contributed by atoms with van der Waals surface area (Å²) in [6.07, 6.45) is 1.01. The summed E-state index contributed by atoms with van der Waals surface area (Å²) in [5.74, 6) is 8.00. The van der Waals surface area contributed by atoms with E-state index in [9.17, 15) is 0 Å². The largest absolute Gasteiger partial charge is 0.340 e. The van der Waals surface area contributed by atoms with E-state index in [0.717, 1.165) is 29.3 Å². The van der Waals surface area contributed by atoms with Crippen molar-refractivity contribution in [1.29, 1.82) is 0 Å². The van der Waals surface area contributed by atoms with Crippen molar-refractivity contribution in [3.63, 3.8) is 0 Å². The molecule has 1 aromatic heterocycles. The number of benzene rings is 1. The molecule has 5 nitrogen and oxygen atoms in total. The first-order valence-electron chi connectivity index (χ1n) is 7.26. The van der Waals surface area contributed by atoms with Gasteiger partial charge in [0, 0.05) is 17.2 Å². The minimum absolute atomic E-state index is 0.236. The van der Waals surface area contributed by atoms with E-state index < -0.39 is 0 Å². The van der Waals surface area contributed by atoms with Gasteiger partial charge in [0.25, 0.3) is 0 Å². The Labute approximate surface area is 126 Å². The maximum Gasteiger partial charge on any atom is 0.148 e. The molecule has 0 fully saturated rings. The zero-order chi connectivity index (χ0) is 15.4. The Balaban J connectivity index is 2.40. The summed E-state index contributed by atoms with van der Waals surface area (Å²) in [7, 11) is 0. The number of aromatic nitrogens is 2.